The molecule has 27 heavy (non-hydrogen) atoms. The minimum Gasteiger partial charge on any atom is -0.299 e. The molecule has 0 atom stereocenters. The standard InChI is InChI=1S/C21H10Br2N4/c22-13-9-15-16(10-14(13)23)25-19-18(24-15)11-5-1-2-6-12(11)21-20(19)26-17-7-3-4-8-27(17)21/h1-10H. The average molecular weight is 478 g/mol. The number of imidazole rings is 1. The first kappa shape index (κ1) is 15.5. The largest absolute Gasteiger partial charge is 0.299 e. The summed E-state index contributed by atoms with van der Waals surface area (Å²) in [4.78, 5) is 14.8. The van der Waals surface area contributed by atoms with Gasteiger partial charge in [0.05, 0.1) is 22.1 Å². The Morgan fingerprint density at radius 2 is 1.33 bits per heavy atom. The van der Waals surface area contributed by atoms with Crippen LogP contribution in [-0.2, 0) is 0 Å². The van der Waals surface area contributed by atoms with Crippen LogP contribution in [0.3, 0.4) is 0 Å². The van der Waals surface area contributed by atoms with Crippen molar-refractivity contribution in [3.63, 3.8) is 0 Å². The molecule has 3 heterocycles. The lowest BCUT2D eigenvalue weighted by molar-refractivity contribution is 1.23. The van der Waals surface area contributed by atoms with Gasteiger partial charge in [0, 0.05) is 25.9 Å². The Bertz CT molecular complexity index is 1550. The van der Waals surface area contributed by atoms with Gasteiger partial charge in [0.2, 0.25) is 0 Å². The van der Waals surface area contributed by atoms with Gasteiger partial charge >= 0.3 is 0 Å². The number of benzene rings is 3. The van der Waals surface area contributed by atoms with E-state index in [1.54, 1.807) is 0 Å². The molecule has 0 spiro atoms. The smallest absolute Gasteiger partial charge is 0.138 e. The number of rotatable bonds is 0. The summed E-state index contributed by atoms with van der Waals surface area (Å²) in [6, 6.07) is 18.4. The van der Waals surface area contributed by atoms with Crippen molar-refractivity contribution in [2.45, 2.75) is 0 Å². The number of nitrogens with zero attached hydrogens (tertiary/aromatic N) is 4. The van der Waals surface area contributed by atoms with Crippen molar-refractivity contribution >= 4 is 81.4 Å². The summed E-state index contributed by atoms with van der Waals surface area (Å²) in [6.45, 7) is 0. The highest BCUT2D eigenvalue weighted by Crippen LogP contribution is 2.35. The van der Waals surface area contributed by atoms with Crippen LogP contribution in [0.4, 0.5) is 0 Å². The van der Waals surface area contributed by atoms with Crippen LogP contribution in [0.15, 0.2) is 69.7 Å². The Morgan fingerprint density at radius 3 is 2.11 bits per heavy atom. The molecule has 3 aromatic carbocycles. The van der Waals surface area contributed by atoms with Gasteiger partial charge in [0.1, 0.15) is 16.7 Å². The van der Waals surface area contributed by atoms with Crippen LogP contribution < -0.4 is 0 Å². The van der Waals surface area contributed by atoms with Crippen LogP contribution in [0.1, 0.15) is 0 Å². The van der Waals surface area contributed by atoms with Crippen molar-refractivity contribution in [3.05, 3.63) is 69.7 Å². The van der Waals surface area contributed by atoms with Crippen LogP contribution in [0.25, 0.3) is 49.5 Å². The molecule has 0 aliphatic rings. The lowest BCUT2D eigenvalue weighted by atomic mass is 10.1. The maximum atomic E-state index is 4.97. The van der Waals surface area contributed by atoms with E-state index in [-0.39, 0.29) is 0 Å². The number of aromatic nitrogens is 4. The zero-order valence-corrected chi connectivity index (χ0v) is 17.0. The van der Waals surface area contributed by atoms with Gasteiger partial charge in [-0.05, 0) is 56.1 Å². The molecule has 0 saturated carbocycles. The monoisotopic (exact) mass is 476 g/mol. The summed E-state index contributed by atoms with van der Waals surface area (Å²) in [7, 11) is 0. The number of fused-ring (bicyclic) bond motifs is 9. The van der Waals surface area contributed by atoms with Crippen molar-refractivity contribution in [1.82, 2.24) is 19.4 Å². The van der Waals surface area contributed by atoms with Gasteiger partial charge in [0.15, 0.2) is 0 Å². The predicted octanol–water partition coefficient (Wildman–Crippen LogP) is 6.26. The fourth-order valence-corrected chi connectivity index (χ4v) is 4.38. The molecule has 3 aromatic heterocycles. The van der Waals surface area contributed by atoms with Gasteiger partial charge in [-0.3, -0.25) is 4.40 Å². The molecular weight excluding hydrogens is 468 g/mol. The van der Waals surface area contributed by atoms with E-state index in [9.17, 15) is 0 Å². The molecule has 0 fully saturated rings. The SMILES string of the molecule is Brc1cc2nc3c4ccccc4c4c(nc5ccccn54)c3nc2cc1Br. The molecule has 0 saturated heterocycles. The quantitative estimate of drug-likeness (QED) is 0.191. The zero-order valence-electron chi connectivity index (χ0n) is 13.8. The molecule has 6 aromatic rings. The number of halogens is 2. The fourth-order valence-electron chi connectivity index (χ4n) is 3.72. The zero-order chi connectivity index (χ0) is 18.1. The van der Waals surface area contributed by atoms with Gasteiger partial charge < -0.3 is 0 Å². The highest BCUT2D eigenvalue weighted by molar-refractivity contribution is 9.13. The molecule has 6 rings (SSSR count). The Labute approximate surface area is 170 Å². The van der Waals surface area contributed by atoms with Crippen molar-refractivity contribution in [3.8, 4) is 0 Å². The third-order valence-electron chi connectivity index (χ3n) is 4.90. The lowest BCUT2D eigenvalue weighted by Gasteiger charge is -2.08. The van der Waals surface area contributed by atoms with E-state index in [2.05, 4.69) is 54.5 Å². The predicted molar refractivity (Wildman–Crippen MR) is 116 cm³/mol. The van der Waals surface area contributed by atoms with E-state index in [1.165, 1.54) is 0 Å². The molecule has 0 amide bonds. The van der Waals surface area contributed by atoms with Gasteiger partial charge in [-0.1, -0.05) is 30.3 Å². The molecule has 0 aliphatic carbocycles. The van der Waals surface area contributed by atoms with Crippen molar-refractivity contribution in [2.75, 3.05) is 0 Å². The second kappa shape index (κ2) is 5.47. The van der Waals surface area contributed by atoms with Gasteiger partial charge in [-0.25, -0.2) is 15.0 Å². The molecule has 6 heteroatoms. The normalized spacial score (nSPS) is 12.1. The number of pyridine rings is 1. The van der Waals surface area contributed by atoms with Crippen LogP contribution in [0.2, 0.25) is 0 Å². The second-order valence-electron chi connectivity index (χ2n) is 6.46. The van der Waals surface area contributed by atoms with Crippen molar-refractivity contribution < 1.29 is 0 Å². The summed E-state index contributed by atoms with van der Waals surface area (Å²) < 4.78 is 4.04. The van der Waals surface area contributed by atoms with E-state index in [0.29, 0.717) is 0 Å². The first-order valence-electron chi connectivity index (χ1n) is 8.45. The topological polar surface area (TPSA) is 43.1 Å². The first-order valence-corrected chi connectivity index (χ1v) is 10.0. The lowest BCUT2D eigenvalue weighted by Crippen LogP contribution is -1.92. The minimum absolute atomic E-state index is 0.828. The van der Waals surface area contributed by atoms with Gasteiger partial charge in [-0.2, -0.15) is 0 Å². The molecule has 128 valence electrons. The number of hydrogen-bond donors (Lipinski definition) is 0. The summed E-state index contributed by atoms with van der Waals surface area (Å²) in [6.07, 6.45) is 2.05. The summed E-state index contributed by atoms with van der Waals surface area (Å²) >= 11 is 7.13. The highest BCUT2D eigenvalue weighted by Gasteiger charge is 2.17. The highest BCUT2D eigenvalue weighted by atomic mass is 79.9. The Hall–Kier alpha value is -2.57. The first-order chi connectivity index (χ1) is 13.2. The van der Waals surface area contributed by atoms with Crippen molar-refractivity contribution in [2.24, 2.45) is 0 Å². The van der Waals surface area contributed by atoms with E-state index < -0.39 is 0 Å². The molecule has 0 N–H and O–H groups in total. The van der Waals surface area contributed by atoms with Crippen LogP contribution >= 0.6 is 31.9 Å². The Balaban J connectivity index is 1.96. The van der Waals surface area contributed by atoms with Gasteiger partial charge in [-0.15, -0.1) is 0 Å². The van der Waals surface area contributed by atoms with Crippen LogP contribution in [0.5, 0.6) is 0 Å². The maximum Gasteiger partial charge on any atom is 0.138 e. The maximum absolute atomic E-state index is 4.97. The minimum atomic E-state index is 0.828. The Morgan fingerprint density at radius 1 is 0.667 bits per heavy atom. The fraction of sp³-hybridized carbons (Fsp3) is 0. The summed E-state index contributed by atoms with van der Waals surface area (Å²) in [5.74, 6) is 0. The number of hydrogen-bond acceptors (Lipinski definition) is 3. The molecule has 0 unspecified atom stereocenters. The average Bonchev–Trinajstić information content (AvgIpc) is 3.08. The third-order valence-corrected chi connectivity index (χ3v) is 6.74. The van der Waals surface area contributed by atoms with Crippen molar-refractivity contribution in [1.29, 1.82) is 0 Å². The second-order valence-corrected chi connectivity index (χ2v) is 8.17. The molecular formula is C21H10Br2N4. The van der Waals surface area contributed by atoms with Crippen LogP contribution in [0, 0.1) is 0 Å². The molecule has 0 radical (unpaired) electrons. The third kappa shape index (κ3) is 2.11. The van der Waals surface area contributed by atoms with E-state index >= 15 is 0 Å². The van der Waals surface area contributed by atoms with Gasteiger partial charge in [0.25, 0.3) is 0 Å². The molecule has 0 aliphatic heterocycles. The van der Waals surface area contributed by atoms with Crippen LogP contribution in [-0.4, -0.2) is 19.4 Å². The summed E-state index contributed by atoms with van der Waals surface area (Å²) in [5, 5.41) is 2.21. The van der Waals surface area contributed by atoms with E-state index in [4.69, 9.17) is 15.0 Å². The Kier molecular flexibility index (Phi) is 3.14. The van der Waals surface area contributed by atoms with E-state index in [1.807, 2.05) is 42.6 Å². The molecule has 0 bridgehead atoms. The van der Waals surface area contributed by atoms with E-state index in [0.717, 1.165) is 58.5 Å². The summed E-state index contributed by atoms with van der Waals surface area (Å²) in [5.41, 5.74) is 6.25. The molecule has 4 nitrogen and oxygen atoms in total.